The molecule has 0 unspecified atom stereocenters. The molecule has 10 nitrogen and oxygen atoms in total. The summed E-state index contributed by atoms with van der Waals surface area (Å²) >= 11 is 12.7. The van der Waals surface area contributed by atoms with Gasteiger partial charge in [-0.3, -0.25) is 24.4 Å². The van der Waals surface area contributed by atoms with Crippen LogP contribution in [0.3, 0.4) is 0 Å². The van der Waals surface area contributed by atoms with Gasteiger partial charge >= 0.3 is 0 Å². The Kier molecular flexibility index (Phi) is 9.71. The number of pyridine rings is 1. The van der Waals surface area contributed by atoms with E-state index in [1.54, 1.807) is 24.4 Å². The second-order valence-corrected chi connectivity index (χ2v) is 9.38. The number of carbonyl (C=O) groups excluding carboxylic acids is 3. The van der Waals surface area contributed by atoms with Gasteiger partial charge in [-0.1, -0.05) is 53.5 Å². The Morgan fingerprint density at radius 3 is 2.33 bits per heavy atom. The molecule has 3 amide bonds. The quantitative estimate of drug-likeness (QED) is 0.252. The van der Waals surface area contributed by atoms with E-state index in [0.717, 1.165) is 30.6 Å². The summed E-state index contributed by atoms with van der Waals surface area (Å²) in [7, 11) is 0. The average Bonchev–Trinajstić information content (AvgIpc) is 2.95. The molecule has 12 heteroatoms. The van der Waals surface area contributed by atoms with Crippen LogP contribution < -0.4 is 26.6 Å². The maximum atomic E-state index is 12.6. The highest BCUT2D eigenvalue weighted by Crippen LogP contribution is 2.31. The van der Waals surface area contributed by atoms with Gasteiger partial charge < -0.3 is 26.6 Å². The van der Waals surface area contributed by atoms with Gasteiger partial charge in [0.05, 0.1) is 39.6 Å². The van der Waals surface area contributed by atoms with E-state index in [4.69, 9.17) is 23.2 Å². The van der Waals surface area contributed by atoms with E-state index in [0.29, 0.717) is 17.2 Å². The predicted octanol–water partition coefficient (Wildman–Crippen LogP) is 3.09. The lowest BCUT2D eigenvalue weighted by Gasteiger charge is -2.16. The minimum absolute atomic E-state index is 0.140. The molecule has 0 saturated carbocycles. The molecule has 4 rings (SSSR count). The number of benzene rings is 2. The molecule has 2 heterocycles. The van der Waals surface area contributed by atoms with Gasteiger partial charge in [0.15, 0.2) is 5.96 Å². The van der Waals surface area contributed by atoms with Crippen molar-refractivity contribution in [2.45, 2.75) is 6.42 Å². The Bertz CT molecular complexity index is 1360. The second-order valence-electron chi connectivity index (χ2n) is 8.57. The second kappa shape index (κ2) is 13.6. The van der Waals surface area contributed by atoms with Crippen LogP contribution in [0.2, 0.25) is 10.0 Å². The van der Waals surface area contributed by atoms with E-state index in [1.165, 1.54) is 6.20 Å². The van der Waals surface area contributed by atoms with Crippen molar-refractivity contribution in [1.29, 1.82) is 0 Å². The molecule has 2 aromatic carbocycles. The van der Waals surface area contributed by atoms with Crippen LogP contribution >= 0.6 is 23.2 Å². The third-order valence-electron chi connectivity index (χ3n) is 5.68. The molecule has 1 aliphatic rings. The minimum atomic E-state index is -0.456. The number of nitrogens with one attached hydrogen (secondary N) is 5. The van der Waals surface area contributed by atoms with Crippen LogP contribution in [0.5, 0.6) is 0 Å². The lowest BCUT2D eigenvalue weighted by molar-refractivity contribution is -0.120. The van der Waals surface area contributed by atoms with Gasteiger partial charge in [0, 0.05) is 32.4 Å². The van der Waals surface area contributed by atoms with Crippen molar-refractivity contribution < 1.29 is 14.4 Å². The summed E-state index contributed by atoms with van der Waals surface area (Å²) in [6.45, 7) is 1.60. The first kappa shape index (κ1) is 27.9. The van der Waals surface area contributed by atoms with Crippen LogP contribution in [0, 0.1) is 0 Å². The fraction of sp³-hybridized carbons (Fsp3) is 0.222. The number of halogens is 2. The highest BCUT2D eigenvalue weighted by Gasteiger charge is 2.17. The van der Waals surface area contributed by atoms with E-state index < -0.39 is 17.7 Å². The van der Waals surface area contributed by atoms with Gasteiger partial charge in [0.25, 0.3) is 11.8 Å². The Morgan fingerprint density at radius 1 is 0.872 bits per heavy atom. The molecule has 39 heavy (non-hydrogen) atoms. The van der Waals surface area contributed by atoms with Crippen molar-refractivity contribution in [2.75, 3.05) is 38.0 Å². The maximum absolute atomic E-state index is 12.6. The SMILES string of the molecule is O=C(CNC(=O)c1cncc(NC2=NCCCN2)c1)NCCNC(=O)c1c(Cl)cc(-c2ccccc2)cc1Cl. The summed E-state index contributed by atoms with van der Waals surface area (Å²) < 4.78 is 0. The number of carbonyl (C=O) groups is 3. The fourth-order valence-electron chi connectivity index (χ4n) is 3.76. The third kappa shape index (κ3) is 7.92. The molecule has 0 aliphatic carbocycles. The summed E-state index contributed by atoms with van der Waals surface area (Å²) in [4.78, 5) is 45.7. The predicted molar refractivity (Wildman–Crippen MR) is 152 cm³/mol. The number of hydrogen-bond acceptors (Lipinski definition) is 7. The monoisotopic (exact) mass is 567 g/mol. The molecule has 0 atom stereocenters. The van der Waals surface area contributed by atoms with Gasteiger partial charge in [0.2, 0.25) is 5.91 Å². The van der Waals surface area contributed by atoms with E-state index in [1.807, 2.05) is 30.3 Å². The van der Waals surface area contributed by atoms with Crippen LogP contribution in [-0.2, 0) is 4.79 Å². The zero-order valence-corrected chi connectivity index (χ0v) is 22.4. The van der Waals surface area contributed by atoms with Crippen molar-refractivity contribution in [2.24, 2.45) is 4.99 Å². The van der Waals surface area contributed by atoms with Crippen molar-refractivity contribution in [3.63, 3.8) is 0 Å². The summed E-state index contributed by atoms with van der Waals surface area (Å²) in [6.07, 6.45) is 3.95. The van der Waals surface area contributed by atoms with Crippen LogP contribution in [0.4, 0.5) is 5.69 Å². The lowest BCUT2D eigenvalue weighted by atomic mass is 10.0. The van der Waals surface area contributed by atoms with E-state index in [9.17, 15) is 14.4 Å². The fourth-order valence-corrected chi connectivity index (χ4v) is 4.42. The molecular formula is C27H27Cl2N7O3. The van der Waals surface area contributed by atoms with Gasteiger partial charge in [-0.2, -0.15) is 0 Å². The van der Waals surface area contributed by atoms with Crippen LogP contribution in [0.1, 0.15) is 27.1 Å². The minimum Gasteiger partial charge on any atom is -0.356 e. The van der Waals surface area contributed by atoms with Gasteiger partial charge in [-0.25, -0.2) is 0 Å². The summed E-state index contributed by atoms with van der Waals surface area (Å²) in [5.74, 6) is -0.691. The van der Waals surface area contributed by atoms with Gasteiger partial charge in [-0.05, 0) is 35.7 Å². The smallest absolute Gasteiger partial charge is 0.254 e. The number of hydrogen-bond donors (Lipinski definition) is 5. The Hall–Kier alpha value is -4.15. The first-order valence-corrected chi connectivity index (χ1v) is 13.0. The van der Waals surface area contributed by atoms with E-state index in [2.05, 4.69) is 36.6 Å². The summed E-state index contributed by atoms with van der Waals surface area (Å²) in [6, 6.07) is 14.5. The van der Waals surface area contributed by atoms with E-state index >= 15 is 0 Å². The molecule has 0 fully saturated rings. The first-order chi connectivity index (χ1) is 18.9. The Morgan fingerprint density at radius 2 is 1.62 bits per heavy atom. The largest absolute Gasteiger partial charge is 0.356 e. The summed E-state index contributed by atoms with van der Waals surface area (Å²) in [5, 5.41) is 14.5. The topological polar surface area (TPSA) is 137 Å². The molecule has 3 aromatic rings. The van der Waals surface area contributed by atoms with Crippen molar-refractivity contribution in [1.82, 2.24) is 26.3 Å². The first-order valence-electron chi connectivity index (χ1n) is 12.3. The molecule has 5 N–H and O–H groups in total. The normalized spacial score (nSPS) is 12.5. The average molecular weight is 568 g/mol. The highest BCUT2D eigenvalue weighted by atomic mass is 35.5. The number of guanidine groups is 1. The number of anilines is 1. The number of rotatable bonds is 9. The van der Waals surface area contributed by atoms with Gasteiger partial charge in [-0.15, -0.1) is 0 Å². The van der Waals surface area contributed by atoms with Crippen LogP contribution in [0.15, 0.2) is 65.9 Å². The standard InChI is InChI=1S/C27H27Cl2N7O3/c28-21-12-18(17-5-2-1-3-6-17)13-22(29)24(21)26(39)32-10-9-31-23(37)16-35-25(38)19-11-20(15-30-14-19)36-27-33-7-4-8-34-27/h1-3,5-6,11-15H,4,7-10,16H2,(H,31,37)(H,32,39)(H,35,38)(H2,33,34,36). The third-order valence-corrected chi connectivity index (χ3v) is 6.28. The number of amides is 3. The molecule has 202 valence electrons. The van der Waals surface area contributed by atoms with Crippen molar-refractivity contribution >= 4 is 52.6 Å². The zero-order valence-electron chi connectivity index (χ0n) is 20.9. The molecule has 0 bridgehead atoms. The van der Waals surface area contributed by atoms with Crippen LogP contribution in [-0.4, -0.2) is 61.4 Å². The molecule has 0 saturated heterocycles. The van der Waals surface area contributed by atoms with Crippen LogP contribution in [0.25, 0.3) is 11.1 Å². The summed E-state index contributed by atoms with van der Waals surface area (Å²) in [5.41, 5.74) is 2.78. The Labute approximate surface area is 235 Å². The zero-order chi connectivity index (χ0) is 27.6. The van der Waals surface area contributed by atoms with Crippen molar-refractivity contribution in [3.8, 4) is 11.1 Å². The van der Waals surface area contributed by atoms with E-state index in [-0.39, 0.29) is 35.2 Å². The molecule has 0 radical (unpaired) electrons. The lowest BCUT2D eigenvalue weighted by Crippen LogP contribution is -2.40. The van der Waals surface area contributed by atoms with Crippen molar-refractivity contribution in [3.05, 3.63) is 82.1 Å². The van der Waals surface area contributed by atoms with Gasteiger partial charge in [0.1, 0.15) is 0 Å². The Balaban J connectivity index is 1.20. The number of nitrogens with zero attached hydrogens (tertiary/aromatic N) is 2. The number of aromatic nitrogens is 1. The maximum Gasteiger partial charge on any atom is 0.254 e. The number of aliphatic imine (C=N–C) groups is 1. The molecule has 1 aromatic heterocycles. The molecule has 1 aliphatic heterocycles. The molecule has 0 spiro atoms. The molecular weight excluding hydrogens is 541 g/mol. The highest BCUT2D eigenvalue weighted by molar-refractivity contribution is 6.40.